The van der Waals surface area contributed by atoms with Gasteiger partial charge in [0.1, 0.15) is 5.60 Å². The lowest BCUT2D eigenvalue weighted by Gasteiger charge is -2.39. The van der Waals surface area contributed by atoms with Crippen molar-refractivity contribution >= 4 is 12.1 Å². The van der Waals surface area contributed by atoms with Crippen LogP contribution in [0.5, 0.6) is 0 Å². The van der Waals surface area contributed by atoms with Gasteiger partial charge in [0.25, 0.3) is 0 Å². The molecule has 6 nitrogen and oxygen atoms in total. The van der Waals surface area contributed by atoms with Gasteiger partial charge in [-0.1, -0.05) is 18.2 Å². The lowest BCUT2D eigenvalue weighted by atomic mass is 9.71. The van der Waals surface area contributed by atoms with Crippen LogP contribution < -0.4 is 0 Å². The van der Waals surface area contributed by atoms with Gasteiger partial charge in [-0.3, -0.25) is 0 Å². The molecule has 0 unspecified atom stereocenters. The number of benzene rings is 2. The number of nitrogens with zero attached hydrogens (tertiary/aromatic N) is 2. The monoisotopic (exact) mass is 488 g/mol. The second-order valence-electron chi connectivity index (χ2n) is 9.49. The molecule has 2 aromatic carbocycles. The first-order valence-corrected chi connectivity index (χ1v) is 11.1. The fourth-order valence-electron chi connectivity index (χ4n) is 4.12. The van der Waals surface area contributed by atoms with Gasteiger partial charge < -0.3 is 14.4 Å². The number of methoxy groups -OCH3 is 1. The van der Waals surface area contributed by atoms with Crippen molar-refractivity contribution in [2.45, 2.75) is 50.8 Å². The normalized spacial score (nSPS) is 15.8. The highest BCUT2D eigenvalue weighted by Gasteiger charge is 2.41. The van der Waals surface area contributed by atoms with Crippen LogP contribution >= 0.6 is 0 Å². The van der Waals surface area contributed by atoms with Crippen LogP contribution in [0, 0.1) is 11.3 Å². The molecule has 0 saturated carbocycles. The number of carbonyl (C=O) groups excluding carboxylic acids is 2. The van der Waals surface area contributed by atoms with Gasteiger partial charge in [0.05, 0.1) is 29.7 Å². The van der Waals surface area contributed by atoms with Crippen molar-refractivity contribution in [3.63, 3.8) is 0 Å². The summed E-state index contributed by atoms with van der Waals surface area (Å²) in [6.07, 6.45) is -4.59. The summed E-state index contributed by atoms with van der Waals surface area (Å²) in [6, 6.07) is 11.7. The smallest absolute Gasteiger partial charge is 0.416 e. The number of alkyl halides is 3. The lowest BCUT2D eigenvalue weighted by Crippen LogP contribution is -2.46. The first kappa shape index (κ1) is 26.1. The second-order valence-corrected chi connectivity index (χ2v) is 9.49. The molecule has 1 heterocycles. The molecular formula is C26H27F3N2O4. The third-order valence-corrected chi connectivity index (χ3v) is 5.96. The highest BCUT2D eigenvalue weighted by molar-refractivity contribution is 5.90. The van der Waals surface area contributed by atoms with Gasteiger partial charge in [-0.25, -0.2) is 9.59 Å². The van der Waals surface area contributed by atoms with Crippen LogP contribution in [0.2, 0.25) is 0 Å². The molecule has 1 aliphatic heterocycles. The zero-order chi connectivity index (χ0) is 26.0. The average molecular weight is 489 g/mol. The molecule has 0 spiro atoms. The summed E-state index contributed by atoms with van der Waals surface area (Å²) in [5, 5.41) is 10.2. The molecule has 2 aromatic rings. The van der Waals surface area contributed by atoms with Gasteiger partial charge in [-0.2, -0.15) is 18.4 Å². The third kappa shape index (κ3) is 5.76. The largest absolute Gasteiger partial charge is 0.465 e. The Bertz CT molecular complexity index is 1140. The number of halogens is 3. The van der Waals surface area contributed by atoms with E-state index in [9.17, 15) is 28.0 Å². The van der Waals surface area contributed by atoms with E-state index in [-0.39, 0.29) is 37.1 Å². The van der Waals surface area contributed by atoms with Crippen LogP contribution in [-0.2, 0) is 21.1 Å². The van der Waals surface area contributed by atoms with Crippen LogP contribution in [0.1, 0.15) is 55.1 Å². The van der Waals surface area contributed by atoms with E-state index >= 15 is 0 Å². The van der Waals surface area contributed by atoms with E-state index in [2.05, 4.69) is 10.8 Å². The van der Waals surface area contributed by atoms with Gasteiger partial charge in [0.15, 0.2) is 0 Å². The number of esters is 1. The number of hydrogen-bond acceptors (Lipinski definition) is 5. The number of likely N-dealkylation sites (tertiary alicyclic amines) is 1. The Balaban J connectivity index is 2.01. The fourth-order valence-corrected chi connectivity index (χ4v) is 4.12. The van der Waals surface area contributed by atoms with E-state index in [1.165, 1.54) is 42.3 Å². The molecule has 0 aliphatic carbocycles. The van der Waals surface area contributed by atoms with E-state index in [0.29, 0.717) is 11.1 Å². The quantitative estimate of drug-likeness (QED) is 0.499. The summed E-state index contributed by atoms with van der Waals surface area (Å²) in [5.41, 5.74) is -1.22. The molecular weight excluding hydrogens is 461 g/mol. The summed E-state index contributed by atoms with van der Waals surface area (Å²) in [6.45, 7) is 5.73. The van der Waals surface area contributed by atoms with Crippen molar-refractivity contribution < 1.29 is 32.2 Å². The SMILES string of the molecule is COC(=O)c1ccc(-c2cc(C(F)(F)F)ccc2C2(C#N)CCN(C(=O)OC(C)(C)C)CC2)cc1. The number of ether oxygens (including phenoxy) is 2. The number of carbonyl (C=O) groups is 2. The van der Waals surface area contributed by atoms with Crippen LogP contribution in [-0.4, -0.2) is 42.8 Å². The highest BCUT2D eigenvalue weighted by atomic mass is 19.4. The Morgan fingerprint density at radius 2 is 1.63 bits per heavy atom. The molecule has 3 rings (SSSR count). The van der Waals surface area contributed by atoms with Crippen molar-refractivity contribution in [1.29, 1.82) is 5.26 Å². The maximum Gasteiger partial charge on any atom is 0.416 e. The summed E-state index contributed by atoms with van der Waals surface area (Å²) in [7, 11) is 1.24. The van der Waals surface area contributed by atoms with E-state index in [0.717, 1.165) is 12.1 Å². The number of amides is 1. The summed E-state index contributed by atoms with van der Waals surface area (Å²) >= 11 is 0. The topological polar surface area (TPSA) is 79.6 Å². The molecule has 1 aliphatic rings. The minimum absolute atomic E-state index is 0.226. The van der Waals surface area contributed by atoms with Crippen molar-refractivity contribution in [3.8, 4) is 17.2 Å². The highest BCUT2D eigenvalue weighted by Crippen LogP contribution is 2.43. The average Bonchev–Trinajstić information content (AvgIpc) is 2.81. The Hall–Kier alpha value is -3.54. The Kier molecular flexibility index (Phi) is 7.16. The maximum absolute atomic E-state index is 13.5. The number of rotatable bonds is 3. The number of hydrogen-bond donors (Lipinski definition) is 0. The van der Waals surface area contributed by atoms with Crippen molar-refractivity contribution in [1.82, 2.24) is 4.90 Å². The van der Waals surface area contributed by atoms with E-state index in [4.69, 9.17) is 4.74 Å². The Morgan fingerprint density at radius 1 is 1.03 bits per heavy atom. The summed E-state index contributed by atoms with van der Waals surface area (Å²) in [4.78, 5) is 25.7. The van der Waals surface area contributed by atoms with Gasteiger partial charge in [0, 0.05) is 13.1 Å². The molecule has 0 N–H and O–H groups in total. The predicted octanol–water partition coefficient (Wildman–Crippen LogP) is 5.95. The minimum atomic E-state index is -4.57. The molecule has 35 heavy (non-hydrogen) atoms. The van der Waals surface area contributed by atoms with Gasteiger partial charge in [-0.15, -0.1) is 0 Å². The van der Waals surface area contributed by atoms with E-state index in [1.54, 1.807) is 20.8 Å². The van der Waals surface area contributed by atoms with E-state index < -0.39 is 34.8 Å². The Morgan fingerprint density at radius 3 is 2.11 bits per heavy atom. The molecule has 0 aromatic heterocycles. The van der Waals surface area contributed by atoms with Gasteiger partial charge in [-0.05, 0) is 74.6 Å². The third-order valence-electron chi connectivity index (χ3n) is 5.96. The first-order valence-electron chi connectivity index (χ1n) is 11.1. The Labute approximate surface area is 202 Å². The minimum Gasteiger partial charge on any atom is -0.465 e. The molecule has 0 atom stereocenters. The molecule has 1 saturated heterocycles. The van der Waals surface area contributed by atoms with Crippen molar-refractivity contribution in [2.75, 3.05) is 20.2 Å². The molecule has 1 fully saturated rings. The molecule has 186 valence electrons. The van der Waals surface area contributed by atoms with Crippen LogP contribution in [0.25, 0.3) is 11.1 Å². The first-order chi connectivity index (χ1) is 16.3. The fraction of sp³-hybridized carbons (Fsp3) is 0.423. The van der Waals surface area contributed by atoms with Crippen molar-refractivity contribution in [3.05, 3.63) is 59.2 Å². The van der Waals surface area contributed by atoms with Gasteiger partial charge in [0.2, 0.25) is 0 Å². The summed E-state index contributed by atoms with van der Waals surface area (Å²) in [5.74, 6) is -0.566. The maximum atomic E-state index is 13.5. The van der Waals surface area contributed by atoms with Crippen LogP contribution in [0.4, 0.5) is 18.0 Å². The van der Waals surface area contributed by atoms with Crippen molar-refractivity contribution in [2.24, 2.45) is 0 Å². The molecule has 0 bridgehead atoms. The number of piperidine rings is 1. The second kappa shape index (κ2) is 9.61. The summed E-state index contributed by atoms with van der Waals surface area (Å²) < 4.78 is 50.7. The zero-order valence-electron chi connectivity index (χ0n) is 20.0. The predicted molar refractivity (Wildman–Crippen MR) is 123 cm³/mol. The molecule has 1 amide bonds. The van der Waals surface area contributed by atoms with E-state index in [1.807, 2.05) is 0 Å². The van der Waals surface area contributed by atoms with Gasteiger partial charge >= 0.3 is 18.2 Å². The number of nitriles is 1. The van der Waals surface area contributed by atoms with Crippen LogP contribution in [0.3, 0.4) is 0 Å². The molecule has 9 heteroatoms. The lowest BCUT2D eigenvalue weighted by molar-refractivity contribution is -0.137. The van der Waals surface area contributed by atoms with Crippen LogP contribution in [0.15, 0.2) is 42.5 Å². The zero-order valence-corrected chi connectivity index (χ0v) is 20.0. The molecule has 0 radical (unpaired) electrons. The standard InChI is InChI=1S/C26H27F3N2O4/c1-24(2,3)35-23(33)31-13-11-25(16-30,12-14-31)21-10-9-19(26(27,28)29)15-20(21)17-5-7-18(8-6-17)22(32)34-4/h5-10,15H,11-14H2,1-4H3.